The lowest BCUT2D eigenvalue weighted by Gasteiger charge is -2.25. The minimum Gasteiger partial charge on any atom is -0.472 e. The molecular formula is C25H30ClN3O4S. The average Bonchev–Trinajstić information content (AvgIpc) is 3.38. The summed E-state index contributed by atoms with van der Waals surface area (Å²) < 4.78 is 18.3. The number of halogens is 1. The van der Waals surface area contributed by atoms with E-state index < -0.39 is 11.7 Å². The molecule has 0 bridgehead atoms. The number of carbonyl (C=O) groups excluding carboxylic acids is 1. The molecule has 1 N–H and O–H groups in total. The number of nitrogens with one attached hydrogen (secondary N) is 1. The molecule has 2 heterocycles. The second-order valence-corrected chi connectivity index (χ2v) is 11.1. The third-order valence-corrected chi connectivity index (χ3v) is 7.21. The summed E-state index contributed by atoms with van der Waals surface area (Å²) in [6.45, 7) is 9.75. The number of amides is 1. The molecule has 4 rings (SSSR count). The number of alkyl carbamates (subject to hydrolysis) is 1. The van der Waals surface area contributed by atoms with Crippen LogP contribution in [0.25, 0.3) is 10.2 Å². The number of nitrogens with zero attached hydrogens (tertiary/aromatic N) is 2. The second kappa shape index (κ2) is 9.96. The summed E-state index contributed by atoms with van der Waals surface area (Å²) in [5.41, 5.74) is 0.333. The van der Waals surface area contributed by atoms with Gasteiger partial charge in [-0.2, -0.15) is 0 Å². The zero-order valence-electron chi connectivity index (χ0n) is 20.1. The van der Waals surface area contributed by atoms with Gasteiger partial charge in [-0.1, -0.05) is 25.4 Å². The van der Waals surface area contributed by atoms with Crippen molar-refractivity contribution in [3.8, 4) is 17.4 Å². The zero-order chi connectivity index (χ0) is 24.5. The van der Waals surface area contributed by atoms with Crippen molar-refractivity contribution < 1.29 is 19.0 Å². The van der Waals surface area contributed by atoms with Gasteiger partial charge >= 0.3 is 6.09 Å². The molecule has 1 aromatic carbocycles. The number of rotatable bonds is 6. The number of ether oxygens (including phenoxy) is 3. The number of carbonyl (C=O) groups is 1. The topological polar surface area (TPSA) is 82.6 Å². The molecule has 0 aliphatic heterocycles. The van der Waals surface area contributed by atoms with E-state index in [9.17, 15) is 4.79 Å². The molecule has 2 atom stereocenters. The number of benzene rings is 1. The number of pyridine rings is 1. The minimum atomic E-state index is -0.541. The molecule has 0 spiro atoms. The Kier molecular flexibility index (Phi) is 7.19. The molecule has 2 aromatic heterocycles. The Hall–Kier alpha value is -2.58. The van der Waals surface area contributed by atoms with Crippen molar-refractivity contribution >= 4 is 39.2 Å². The Bertz CT molecular complexity index is 1160. The van der Waals surface area contributed by atoms with E-state index in [1.54, 1.807) is 29.7 Å². The summed E-state index contributed by atoms with van der Waals surface area (Å²) in [7, 11) is 0. The van der Waals surface area contributed by atoms with Gasteiger partial charge in [0.05, 0.1) is 27.5 Å². The fourth-order valence-electron chi connectivity index (χ4n) is 3.75. The highest BCUT2D eigenvalue weighted by atomic mass is 35.5. The van der Waals surface area contributed by atoms with Crippen molar-refractivity contribution in [3.05, 3.63) is 40.5 Å². The van der Waals surface area contributed by atoms with E-state index in [4.69, 9.17) is 25.8 Å². The molecule has 0 saturated heterocycles. The summed E-state index contributed by atoms with van der Waals surface area (Å²) in [5.74, 6) is 1.92. The number of fused-ring (bicyclic) bond motifs is 1. The van der Waals surface area contributed by atoms with Gasteiger partial charge in [0, 0.05) is 12.0 Å². The maximum absolute atomic E-state index is 12.1. The van der Waals surface area contributed by atoms with Crippen molar-refractivity contribution in [2.24, 2.45) is 0 Å². The molecule has 7 nitrogen and oxygen atoms in total. The van der Waals surface area contributed by atoms with E-state index in [0.29, 0.717) is 28.3 Å². The van der Waals surface area contributed by atoms with Gasteiger partial charge in [0.25, 0.3) is 0 Å². The van der Waals surface area contributed by atoms with Gasteiger partial charge in [-0.3, -0.25) is 0 Å². The van der Waals surface area contributed by atoms with Crippen LogP contribution in [0.3, 0.4) is 0 Å². The van der Waals surface area contributed by atoms with Crippen molar-refractivity contribution in [2.75, 3.05) is 0 Å². The van der Waals surface area contributed by atoms with Gasteiger partial charge in [-0.25, -0.2) is 14.8 Å². The lowest BCUT2D eigenvalue weighted by molar-refractivity contribution is 0.0462. The maximum Gasteiger partial charge on any atom is 0.408 e. The molecule has 1 aliphatic carbocycles. The van der Waals surface area contributed by atoms with E-state index in [1.165, 1.54) is 0 Å². The van der Waals surface area contributed by atoms with Crippen LogP contribution in [0, 0.1) is 0 Å². The van der Waals surface area contributed by atoms with Crippen LogP contribution in [0.2, 0.25) is 5.02 Å². The van der Waals surface area contributed by atoms with Gasteiger partial charge in [0.2, 0.25) is 5.88 Å². The third kappa shape index (κ3) is 5.91. The summed E-state index contributed by atoms with van der Waals surface area (Å²) in [6, 6.07) is 7.17. The molecule has 1 saturated carbocycles. The van der Waals surface area contributed by atoms with Crippen LogP contribution in [-0.4, -0.2) is 33.8 Å². The Labute approximate surface area is 208 Å². The highest BCUT2D eigenvalue weighted by Crippen LogP contribution is 2.39. The maximum atomic E-state index is 12.1. The van der Waals surface area contributed by atoms with Gasteiger partial charge < -0.3 is 19.5 Å². The zero-order valence-corrected chi connectivity index (χ0v) is 21.6. The van der Waals surface area contributed by atoms with Gasteiger partial charge in [-0.15, -0.1) is 11.3 Å². The van der Waals surface area contributed by atoms with Crippen LogP contribution in [0.4, 0.5) is 4.79 Å². The van der Waals surface area contributed by atoms with Crippen LogP contribution < -0.4 is 14.8 Å². The molecule has 3 aromatic rings. The van der Waals surface area contributed by atoms with E-state index in [0.717, 1.165) is 34.5 Å². The summed E-state index contributed by atoms with van der Waals surface area (Å²) in [6.07, 6.45) is 3.65. The van der Waals surface area contributed by atoms with Gasteiger partial charge in [-0.05, 0) is 58.2 Å². The number of hydrogen-bond acceptors (Lipinski definition) is 7. The quantitative estimate of drug-likeness (QED) is 0.386. The molecule has 182 valence electrons. The summed E-state index contributed by atoms with van der Waals surface area (Å²) in [4.78, 5) is 21.2. The van der Waals surface area contributed by atoms with Crippen molar-refractivity contribution in [1.82, 2.24) is 15.3 Å². The number of aromatic nitrogens is 2. The number of thiazole rings is 1. The molecule has 0 unspecified atom stereocenters. The smallest absolute Gasteiger partial charge is 0.408 e. The molecular weight excluding hydrogens is 474 g/mol. The molecule has 0 radical (unpaired) electrons. The molecule has 1 aliphatic rings. The SMILES string of the molecule is CC(C)c1nc2ccc(Oc3ccc(O[C@H]4CCC[C@@H]4NC(=O)OC(C)(C)C)nc3)c(Cl)c2s1. The monoisotopic (exact) mass is 503 g/mol. The Balaban J connectivity index is 1.39. The fourth-order valence-corrected chi connectivity index (χ4v) is 5.07. The van der Waals surface area contributed by atoms with Crippen LogP contribution >= 0.6 is 22.9 Å². The van der Waals surface area contributed by atoms with Gasteiger partial charge in [0.15, 0.2) is 0 Å². The first-order chi connectivity index (χ1) is 16.1. The molecule has 9 heteroatoms. The Morgan fingerprint density at radius 1 is 1.21 bits per heavy atom. The Morgan fingerprint density at radius 3 is 2.68 bits per heavy atom. The van der Waals surface area contributed by atoms with E-state index >= 15 is 0 Å². The van der Waals surface area contributed by atoms with Crippen LogP contribution in [0.5, 0.6) is 17.4 Å². The average molecular weight is 504 g/mol. The van der Waals surface area contributed by atoms with Gasteiger partial charge in [0.1, 0.15) is 28.2 Å². The minimum absolute atomic E-state index is 0.117. The summed E-state index contributed by atoms with van der Waals surface area (Å²) >= 11 is 8.19. The molecule has 34 heavy (non-hydrogen) atoms. The van der Waals surface area contributed by atoms with Crippen LogP contribution in [-0.2, 0) is 4.74 Å². The van der Waals surface area contributed by atoms with E-state index in [1.807, 2.05) is 32.9 Å². The van der Waals surface area contributed by atoms with E-state index in [2.05, 4.69) is 29.1 Å². The normalized spacial score (nSPS) is 18.3. The lowest BCUT2D eigenvalue weighted by Crippen LogP contribution is -2.44. The number of hydrogen-bond donors (Lipinski definition) is 1. The van der Waals surface area contributed by atoms with Crippen LogP contribution in [0.15, 0.2) is 30.5 Å². The molecule has 1 amide bonds. The first-order valence-electron chi connectivity index (χ1n) is 11.5. The second-order valence-electron chi connectivity index (χ2n) is 9.71. The van der Waals surface area contributed by atoms with Crippen molar-refractivity contribution in [3.63, 3.8) is 0 Å². The fraction of sp³-hybridized carbons (Fsp3) is 0.480. The third-order valence-electron chi connectivity index (χ3n) is 5.34. The van der Waals surface area contributed by atoms with Crippen molar-refractivity contribution in [2.45, 2.75) is 77.5 Å². The summed E-state index contributed by atoms with van der Waals surface area (Å²) in [5, 5.41) is 4.51. The predicted molar refractivity (Wildman–Crippen MR) is 134 cm³/mol. The van der Waals surface area contributed by atoms with E-state index in [-0.39, 0.29) is 12.1 Å². The molecule has 1 fully saturated rings. The van der Waals surface area contributed by atoms with Crippen molar-refractivity contribution in [1.29, 1.82) is 0 Å². The first kappa shape index (κ1) is 24.5. The standard InChI is InChI=1S/C25H30ClN3O4S/c1-14(2)23-28-17-10-11-19(21(26)22(17)34-23)31-15-9-12-20(27-13-15)32-18-8-6-7-16(18)29-24(30)33-25(3,4)5/h9-14,16,18H,6-8H2,1-5H3,(H,29,30)/t16-,18-/m0/s1. The predicted octanol–water partition coefficient (Wildman–Crippen LogP) is 7.09. The lowest BCUT2D eigenvalue weighted by atomic mass is 10.2. The highest BCUT2D eigenvalue weighted by molar-refractivity contribution is 7.19. The largest absolute Gasteiger partial charge is 0.472 e. The van der Waals surface area contributed by atoms with Crippen LogP contribution in [0.1, 0.15) is 64.8 Å². The highest BCUT2D eigenvalue weighted by Gasteiger charge is 2.32. The first-order valence-corrected chi connectivity index (χ1v) is 12.7. The Morgan fingerprint density at radius 2 is 2.00 bits per heavy atom.